The minimum Gasteiger partial charge on any atom is -0.470 e. The van der Waals surface area contributed by atoms with Crippen LogP contribution in [-0.4, -0.2) is 35.9 Å². The lowest BCUT2D eigenvalue weighted by Crippen LogP contribution is -2.17. The minimum absolute atomic E-state index is 0.0123. The van der Waals surface area contributed by atoms with Gasteiger partial charge in [0, 0.05) is 11.3 Å². The van der Waals surface area contributed by atoms with Crippen molar-refractivity contribution >= 4 is 37.7 Å². The molecule has 9 nitrogen and oxygen atoms in total. The number of ether oxygens (including phenoxy) is 2. The van der Waals surface area contributed by atoms with Gasteiger partial charge in [0.25, 0.3) is 15.9 Å². The molecule has 11 heteroatoms. The number of aryl methyl sites for hydroxylation is 1. The third-order valence-electron chi connectivity index (χ3n) is 4.28. The van der Waals surface area contributed by atoms with Gasteiger partial charge >= 0.3 is 5.97 Å². The van der Waals surface area contributed by atoms with Gasteiger partial charge in [0.05, 0.1) is 12.8 Å². The predicted octanol–water partition coefficient (Wildman–Crippen LogP) is 3.74. The average molecular weight is 509 g/mol. The van der Waals surface area contributed by atoms with Gasteiger partial charge in [0.15, 0.2) is 0 Å². The lowest BCUT2D eigenvalue weighted by atomic mass is 10.2. The minimum atomic E-state index is -4.11. The fourth-order valence-electron chi connectivity index (χ4n) is 2.97. The molecule has 0 spiro atoms. The second-order valence-electron chi connectivity index (χ2n) is 6.53. The number of hydrogen-bond acceptors (Lipinski definition) is 7. The molecule has 3 aromatic rings. The van der Waals surface area contributed by atoms with E-state index in [9.17, 15) is 13.2 Å². The predicted molar refractivity (Wildman–Crippen MR) is 118 cm³/mol. The Hall–Kier alpha value is -2.92. The van der Waals surface area contributed by atoms with Crippen LogP contribution in [0.25, 0.3) is 0 Å². The Balaban J connectivity index is 1.91. The molecule has 0 saturated carbocycles. The summed E-state index contributed by atoms with van der Waals surface area (Å²) < 4.78 is 39.8. The molecule has 164 valence electrons. The van der Waals surface area contributed by atoms with Crippen LogP contribution < -0.4 is 9.46 Å². The van der Waals surface area contributed by atoms with Gasteiger partial charge in [-0.05, 0) is 42.3 Å². The maximum absolute atomic E-state index is 13.1. The summed E-state index contributed by atoms with van der Waals surface area (Å²) in [6, 6.07) is 9.37. The molecule has 1 aromatic carbocycles. The van der Waals surface area contributed by atoms with Crippen LogP contribution in [0, 0.1) is 13.8 Å². The summed E-state index contributed by atoms with van der Waals surface area (Å²) in [6.07, 6.45) is 1.36. The van der Waals surface area contributed by atoms with Crippen molar-refractivity contribution in [3.63, 3.8) is 0 Å². The molecule has 3 rings (SSSR count). The Morgan fingerprint density at radius 3 is 2.61 bits per heavy atom. The molecule has 2 aromatic heterocycles. The van der Waals surface area contributed by atoms with Crippen molar-refractivity contribution in [1.29, 1.82) is 0 Å². The van der Waals surface area contributed by atoms with E-state index in [4.69, 9.17) is 9.47 Å². The lowest BCUT2D eigenvalue weighted by Gasteiger charge is -2.13. The van der Waals surface area contributed by atoms with Crippen LogP contribution in [0.5, 0.6) is 5.88 Å². The van der Waals surface area contributed by atoms with Crippen molar-refractivity contribution in [1.82, 2.24) is 15.0 Å². The summed E-state index contributed by atoms with van der Waals surface area (Å²) in [5.74, 6) is -0.685. The zero-order valence-electron chi connectivity index (χ0n) is 17.1. The van der Waals surface area contributed by atoms with Crippen molar-refractivity contribution in [3.05, 3.63) is 63.6 Å². The van der Waals surface area contributed by atoms with E-state index in [2.05, 4.69) is 35.6 Å². The number of halogens is 1. The molecule has 2 heterocycles. The van der Waals surface area contributed by atoms with Gasteiger partial charge in [0.1, 0.15) is 21.8 Å². The molecule has 2 N–H and O–H groups in total. The monoisotopic (exact) mass is 508 g/mol. The van der Waals surface area contributed by atoms with Crippen LogP contribution in [0.4, 0.5) is 5.82 Å². The molecule has 0 aliphatic carbocycles. The van der Waals surface area contributed by atoms with E-state index in [-0.39, 0.29) is 41.1 Å². The quantitative estimate of drug-likeness (QED) is 0.444. The molecule has 0 unspecified atom stereocenters. The number of nitrogens with zero attached hydrogens (tertiary/aromatic N) is 2. The number of nitrogens with one attached hydrogen (secondary N) is 2. The molecule has 0 amide bonds. The van der Waals surface area contributed by atoms with Crippen molar-refractivity contribution in [2.75, 3.05) is 11.3 Å². The number of H-pyrrole nitrogens is 1. The van der Waals surface area contributed by atoms with E-state index < -0.39 is 16.0 Å². The first-order valence-corrected chi connectivity index (χ1v) is 11.6. The molecule has 0 saturated heterocycles. The van der Waals surface area contributed by atoms with Crippen LogP contribution in [-0.2, 0) is 21.4 Å². The fourth-order valence-corrected chi connectivity index (χ4v) is 4.69. The van der Waals surface area contributed by atoms with Crippen molar-refractivity contribution in [2.45, 2.75) is 32.3 Å². The topological polar surface area (TPSA) is 123 Å². The molecule has 0 radical (unpaired) electrons. The van der Waals surface area contributed by atoms with Gasteiger partial charge in [-0.1, -0.05) is 30.3 Å². The van der Waals surface area contributed by atoms with Gasteiger partial charge in [-0.25, -0.2) is 23.2 Å². The number of carbonyl (C=O) groups is 1. The molecule has 0 fully saturated rings. The second-order valence-corrected chi connectivity index (χ2v) is 8.96. The maximum Gasteiger partial charge on any atom is 0.355 e. The SMILES string of the molecule is CCOC(=O)c1[nH]c(C)c(S(=O)(=O)Nc2ncc(Br)nc2OCc2ccccc2)c1C. The summed E-state index contributed by atoms with van der Waals surface area (Å²) in [7, 11) is -4.11. The summed E-state index contributed by atoms with van der Waals surface area (Å²) in [4.78, 5) is 23.1. The van der Waals surface area contributed by atoms with Gasteiger partial charge in [-0.3, -0.25) is 4.72 Å². The summed E-state index contributed by atoms with van der Waals surface area (Å²) in [5.41, 5.74) is 1.52. The highest BCUT2D eigenvalue weighted by Gasteiger charge is 2.28. The number of aromatic amines is 1. The van der Waals surface area contributed by atoms with E-state index >= 15 is 0 Å². The van der Waals surface area contributed by atoms with Crippen molar-refractivity contribution in [2.24, 2.45) is 0 Å². The van der Waals surface area contributed by atoms with Gasteiger partial charge in [0.2, 0.25) is 5.82 Å². The highest BCUT2D eigenvalue weighted by molar-refractivity contribution is 9.10. The number of hydrogen-bond donors (Lipinski definition) is 2. The Kier molecular flexibility index (Phi) is 6.96. The first-order valence-electron chi connectivity index (χ1n) is 9.31. The zero-order valence-corrected chi connectivity index (χ0v) is 19.5. The Morgan fingerprint density at radius 1 is 1.23 bits per heavy atom. The lowest BCUT2D eigenvalue weighted by molar-refractivity contribution is 0.0519. The third-order valence-corrected chi connectivity index (χ3v) is 6.27. The largest absolute Gasteiger partial charge is 0.470 e. The van der Waals surface area contributed by atoms with Gasteiger partial charge < -0.3 is 14.5 Å². The number of anilines is 1. The zero-order chi connectivity index (χ0) is 22.6. The second kappa shape index (κ2) is 9.48. The number of rotatable bonds is 8. The van der Waals surface area contributed by atoms with Crippen LogP contribution in [0.15, 0.2) is 46.0 Å². The molecule has 31 heavy (non-hydrogen) atoms. The van der Waals surface area contributed by atoms with Crippen LogP contribution in [0.2, 0.25) is 0 Å². The van der Waals surface area contributed by atoms with Crippen molar-refractivity contribution < 1.29 is 22.7 Å². The van der Waals surface area contributed by atoms with E-state index in [1.807, 2.05) is 30.3 Å². The van der Waals surface area contributed by atoms with E-state index in [1.165, 1.54) is 13.1 Å². The number of benzene rings is 1. The normalized spacial score (nSPS) is 11.2. The maximum atomic E-state index is 13.1. The van der Waals surface area contributed by atoms with E-state index in [0.717, 1.165) is 5.56 Å². The molecular formula is C20H21BrN4O5S. The van der Waals surface area contributed by atoms with Gasteiger partial charge in [-0.2, -0.15) is 0 Å². The highest BCUT2D eigenvalue weighted by Crippen LogP contribution is 2.29. The van der Waals surface area contributed by atoms with E-state index in [1.54, 1.807) is 13.8 Å². The number of aromatic nitrogens is 3. The fraction of sp³-hybridized carbons (Fsp3) is 0.250. The molecule has 0 aliphatic rings. The number of carbonyl (C=O) groups excluding carboxylic acids is 1. The average Bonchev–Trinajstić information content (AvgIpc) is 3.04. The third kappa shape index (κ3) is 5.23. The first-order chi connectivity index (χ1) is 14.7. The Morgan fingerprint density at radius 2 is 1.94 bits per heavy atom. The smallest absolute Gasteiger partial charge is 0.355 e. The summed E-state index contributed by atoms with van der Waals surface area (Å²) >= 11 is 3.22. The Labute approximate surface area is 188 Å². The molecule has 0 aliphatic heterocycles. The van der Waals surface area contributed by atoms with Crippen LogP contribution in [0.1, 0.15) is 34.2 Å². The van der Waals surface area contributed by atoms with Crippen molar-refractivity contribution in [3.8, 4) is 5.88 Å². The Bertz CT molecular complexity index is 1200. The number of sulfonamides is 1. The summed E-state index contributed by atoms with van der Waals surface area (Å²) in [6.45, 7) is 5.11. The summed E-state index contributed by atoms with van der Waals surface area (Å²) in [5, 5.41) is 0. The number of esters is 1. The molecular weight excluding hydrogens is 488 g/mol. The molecule has 0 bridgehead atoms. The van der Waals surface area contributed by atoms with Crippen LogP contribution >= 0.6 is 15.9 Å². The van der Waals surface area contributed by atoms with Gasteiger partial charge in [-0.15, -0.1) is 0 Å². The highest BCUT2D eigenvalue weighted by atomic mass is 79.9. The first kappa shape index (κ1) is 22.8. The van der Waals surface area contributed by atoms with E-state index in [0.29, 0.717) is 10.3 Å². The molecule has 0 atom stereocenters. The van der Waals surface area contributed by atoms with Crippen LogP contribution in [0.3, 0.4) is 0 Å². The standard InChI is InChI=1S/C20H21BrN4O5S/c1-4-29-20(26)16-12(2)17(13(3)23-16)31(27,28)25-18-19(24-15(21)10-22-18)30-11-14-8-6-5-7-9-14/h5-10,23H,4,11H2,1-3H3,(H,22,25).